The Hall–Kier alpha value is -2.57. The number of hydrogen-bond donors (Lipinski definition) is 4. The maximum Gasteiger partial charge on any atom is 0.481 e. The molecule has 2 aliphatic heterocycles. The Morgan fingerprint density at radius 2 is 1.62 bits per heavy atom. The molecule has 20 heteroatoms. The van der Waals surface area contributed by atoms with Crippen molar-refractivity contribution in [2.75, 3.05) is 52.5 Å². The predicted octanol–water partition coefficient (Wildman–Crippen LogP) is 1.01. The van der Waals surface area contributed by atoms with Crippen LogP contribution < -0.4 is 11.2 Å². The molecule has 1 aromatic carbocycles. The molecular formula is C30H46N6O12P2. The third-order valence-corrected chi connectivity index (χ3v) is 12.0. The smallest absolute Gasteiger partial charge is 0.385 e. The summed E-state index contributed by atoms with van der Waals surface area (Å²) in [5, 5.41) is 28.8. The Morgan fingerprint density at radius 3 is 2.32 bits per heavy atom. The lowest BCUT2D eigenvalue weighted by molar-refractivity contribution is -0.0993. The van der Waals surface area contributed by atoms with E-state index in [1.165, 1.54) is 0 Å². The quantitative estimate of drug-likeness (QED) is 0.268. The SMILES string of the molecule is CCN1CCCCN(CC)CC[C@@]2(O)C(COP(=O)(O)OP(=O)(O)OCC1)OC(n1ccc(=O)n(Cc3nn(C)c4ccccc34)c1=O)C2O. The van der Waals surface area contributed by atoms with E-state index in [9.17, 15) is 38.7 Å². The van der Waals surface area contributed by atoms with E-state index >= 15 is 0 Å². The number of rotatable bonds is 5. The minimum atomic E-state index is -5.29. The fraction of sp³-hybridized carbons (Fsp3) is 0.633. The van der Waals surface area contributed by atoms with Crippen molar-refractivity contribution < 1.29 is 47.2 Å². The average molecular weight is 745 g/mol. The Morgan fingerprint density at radius 1 is 0.960 bits per heavy atom. The molecule has 50 heavy (non-hydrogen) atoms. The zero-order chi connectivity index (χ0) is 36.3. The second-order valence-electron chi connectivity index (χ2n) is 12.4. The minimum absolute atomic E-state index is 0.111. The summed E-state index contributed by atoms with van der Waals surface area (Å²) in [5.41, 5.74) is -2.41. The summed E-state index contributed by atoms with van der Waals surface area (Å²) >= 11 is 0. The van der Waals surface area contributed by atoms with Gasteiger partial charge in [-0.05, 0) is 51.5 Å². The highest BCUT2D eigenvalue weighted by atomic mass is 31.3. The fourth-order valence-electron chi connectivity index (χ4n) is 6.42. The van der Waals surface area contributed by atoms with Crippen molar-refractivity contribution in [1.82, 2.24) is 28.7 Å². The van der Waals surface area contributed by atoms with E-state index < -0.39 is 57.5 Å². The third-order valence-electron chi connectivity index (χ3n) is 9.33. The van der Waals surface area contributed by atoms with E-state index in [4.69, 9.17) is 13.8 Å². The first-order valence-electron chi connectivity index (χ1n) is 16.6. The van der Waals surface area contributed by atoms with Crippen LogP contribution in [0.25, 0.3) is 10.9 Å². The highest BCUT2D eigenvalue weighted by Crippen LogP contribution is 2.60. The molecule has 278 valence electrons. The number of hydrogen-bond acceptors (Lipinski definition) is 13. The Bertz CT molecular complexity index is 1850. The van der Waals surface area contributed by atoms with E-state index in [1.807, 2.05) is 43.0 Å². The van der Waals surface area contributed by atoms with Crippen LogP contribution in [0.4, 0.5) is 0 Å². The average Bonchev–Trinajstić information content (AvgIpc) is 3.51. The predicted molar refractivity (Wildman–Crippen MR) is 180 cm³/mol. The highest BCUT2D eigenvalue weighted by molar-refractivity contribution is 7.61. The van der Waals surface area contributed by atoms with Gasteiger partial charge in [0.1, 0.15) is 17.8 Å². The first kappa shape index (κ1) is 38.7. The first-order chi connectivity index (χ1) is 23.7. The highest BCUT2D eigenvalue weighted by Gasteiger charge is 2.56. The molecule has 4 N–H and O–H groups in total. The van der Waals surface area contributed by atoms with Crippen LogP contribution in [0, 0.1) is 0 Å². The normalized spacial score (nSPS) is 31.7. The van der Waals surface area contributed by atoms with Crippen molar-refractivity contribution in [2.45, 2.75) is 63.7 Å². The van der Waals surface area contributed by atoms with Gasteiger partial charge in [0.15, 0.2) is 6.23 Å². The van der Waals surface area contributed by atoms with E-state index in [1.54, 1.807) is 11.7 Å². The van der Waals surface area contributed by atoms with Gasteiger partial charge in [0.05, 0.1) is 31.0 Å². The van der Waals surface area contributed by atoms with E-state index in [0.29, 0.717) is 31.9 Å². The Labute approximate surface area is 288 Å². The lowest BCUT2D eigenvalue weighted by atomic mass is 9.88. The molecule has 2 aromatic heterocycles. The number of nitrogens with zero attached hydrogens (tertiary/aromatic N) is 6. The van der Waals surface area contributed by atoms with Crippen LogP contribution in [-0.2, 0) is 40.8 Å². The molecule has 5 unspecified atom stereocenters. The van der Waals surface area contributed by atoms with Gasteiger partial charge in [0.25, 0.3) is 5.56 Å². The van der Waals surface area contributed by atoms with Crippen LogP contribution in [0.15, 0.2) is 46.1 Å². The second kappa shape index (κ2) is 16.0. The van der Waals surface area contributed by atoms with Gasteiger partial charge in [0.2, 0.25) is 0 Å². The summed E-state index contributed by atoms with van der Waals surface area (Å²) in [5.74, 6) is 0. The number of fused-ring (bicyclic) bond motifs is 2. The molecule has 0 spiro atoms. The van der Waals surface area contributed by atoms with Gasteiger partial charge in [-0.2, -0.15) is 9.41 Å². The molecule has 2 saturated heterocycles. The summed E-state index contributed by atoms with van der Waals surface area (Å²) in [6, 6.07) is 8.43. The van der Waals surface area contributed by atoms with Gasteiger partial charge in [-0.1, -0.05) is 32.0 Å². The molecular weight excluding hydrogens is 698 g/mol. The number of benzene rings is 1. The molecule has 0 bridgehead atoms. The number of aryl methyl sites for hydroxylation is 1. The number of aromatic nitrogens is 4. The van der Waals surface area contributed by atoms with Crippen LogP contribution in [-0.4, -0.2) is 119 Å². The van der Waals surface area contributed by atoms with Crippen LogP contribution >= 0.6 is 15.6 Å². The van der Waals surface area contributed by atoms with E-state index in [2.05, 4.69) is 14.3 Å². The summed E-state index contributed by atoms with van der Waals surface area (Å²) in [6.07, 6.45) is -2.27. The van der Waals surface area contributed by atoms with Gasteiger partial charge in [0, 0.05) is 37.8 Å². The summed E-state index contributed by atoms with van der Waals surface area (Å²) in [4.78, 5) is 51.3. The number of aliphatic hydroxyl groups is 2. The lowest BCUT2D eigenvalue weighted by Gasteiger charge is -2.33. The summed E-state index contributed by atoms with van der Waals surface area (Å²) < 4.78 is 49.2. The summed E-state index contributed by atoms with van der Waals surface area (Å²) in [7, 11) is -8.61. The number of aliphatic hydroxyl groups excluding tert-OH is 1. The molecule has 4 heterocycles. The van der Waals surface area contributed by atoms with Crippen molar-refractivity contribution in [2.24, 2.45) is 7.05 Å². The number of ether oxygens (including phenoxy) is 1. The number of likely N-dealkylation sites (N-methyl/N-ethyl adjacent to an activating group) is 1. The minimum Gasteiger partial charge on any atom is -0.385 e. The van der Waals surface area contributed by atoms with Gasteiger partial charge in [-0.15, -0.1) is 0 Å². The summed E-state index contributed by atoms with van der Waals surface area (Å²) in [6.45, 7) is 5.72. The fourth-order valence-corrected chi connectivity index (χ4v) is 8.48. The maximum absolute atomic E-state index is 13.8. The van der Waals surface area contributed by atoms with Crippen molar-refractivity contribution in [1.29, 1.82) is 0 Å². The first-order valence-corrected chi connectivity index (χ1v) is 19.6. The molecule has 2 fully saturated rings. The van der Waals surface area contributed by atoms with Crippen LogP contribution in [0.3, 0.4) is 0 Å². The zero-order valence-electron chi connectivity index (χ0n) is 28.3. The molecule has 5 rings (SSSR count). The molecule has 0 saturated carbocycles. The van der Waals surface area contributed by atoms with Gasteiger partial charge >= 0.3 is 21.3 Å². The molecule has 3 aromatic rings. The number of phosphoric acid groups is 2. The molecule has 0 amide bonds. The van der Waals surface area contributed by atoms with Crippen molar-refractivity contribution in [3.8, 4) is 0 Å². The largest absolute Gasteiger partial charge is 0.481 e. The van der Waals surface area contributed by atoms with Gasteiger partial charge < -0.3 is 34.5 Å². The zero-order valence-corrected chi connectivity index (χ0v) is 30.1. The Kier molecular flexibility index (Phi) is 12.4. The van der Waals surface area contributed by atoms with Crippen LogP contribution in [0.1, 0.15) is 45.0 Å². The van der Waals surface area contributed by atoms with Gasteiger partial charge in [-0.3, -0.25) is 27.7 Å². The Balaban J connectivity index is 1.44. The molecule has 6 atom stereocenters. The van der Waals surface area contributed by atoms with Crippen molar-refractivity contribution in [3.63, 3.8) is 0 Å². The molecule has 18 nitrogen and oxygen atoms in total. The van der Waals surface area contributed by atoms with Crippen LogP contribution in [0.5, 0.6) is 0 Å². The third kappa shape index (κ3) is 8.72. The van der Waals surface area contributed by atoms with Crippen LogP contribution in [0.2, 0.25) is 0 Å². The lowest BCUT2D eigenvalue weighted by Crippen LogP contribution is -2.52. The molecule has 2 aliphatic rings. The van der Waals surface area contributed by atoms with Crippen molar-refractivity contribution in [3.05, 3.63) is 63.1 Å². The second-order valence-corrected chi connectivity index (χ2v) is 15.5. The molecule has 0 radical (unpaired) electrons. The maximum atomic E-state index is 13.8. The van der Waals surface area contributed by atoms with E-state index in [0.717, 1.165) is 45.1 Å². The standard InChI is InChI=1S/C30H46N6O12P2/c1-4-33-14-8-9-15-34(5-2)18-19-45-49(41,42)48-50(43,44)46-21-25-30(40,13-17-33)27(38)28(47-25)35-16-12-26(37)36(29(35)39)20-23-22-10-6-7-11-24(22)32(3)31-23/h6-7,10-12,16,25,27-28,38,40H,4-5,8-9,13-15,17-21H2,1-3H3,(H,41,42)(H,43,44)/t25?,27?,28?,30-/m1/s1. The van der Waals surface area contributed by atoms with Gasteiger partial charge in [-0.25, -0.2) is 13.9 Å². The van der Waals surface area contributed by atoms with Crippen molar-refractivity contribution >= 4 is 26.5 Å². The monoisotopic (exact) mass is 744 g/mol. The number of para-hydroxylation sites is 1. The topological polar surface area (TPSA) is 220 Å². The molecule has 0 aliphatic carbocycles. The van der Waals surface area contributed by atoms with E-state index in [-0.39, 0.29) is 32.7 Å². The number of phosphoric ester groups is 2.